The highest BCUT2D eigenvalue weighted by molar-refractivity contribution is 7.99. The van der Waals surface area contributed by atoms with Gasteiger partial charge in [-0.15, -0.1) is 0 Å². The third-order valence-electron chi connectivity index (χ3n) is 3.91. The number of esters is 1. The van der Waals surface area contributed by atoms with E-state index in [1.807, 2.05) is 23.9 Å². The van der Waals surface area contributed by atoms with Crippen molar-refractivity contribution in [1.29, 1.82) is 0 Å². The van der Waals surface area contributed by atoms with Gasteiger partial charge in [0, 0.05) is 22.7 Å². The maximum absolute atomic E-state index is 12.0. The summed E-state index contributed by atoms with van der Waals surface area (Å²) in [4.78, 5) is 12.0. The lowest BCUT2D eigenvalue weighted by atomic mass is 9.94. The van der Waals surface area contributed by atoms with Crippen LogP contribution in [0.1, 0.15) is 43.0 Å². The average Bonchev–Trinajstić information content (AvgIpc) is 2.50. The number of rotatable bonds is 5. The van der Waals surface area contributed by atoms with Crippen LogP contribution in [0.15, 0.2) is 18.2 Å². The first-order valence-corrected chi connectivity index (χ1v) is 8.78. The van der Waals surface area contributed by atoms with E-state index in [9.17, 15) is 4.79 Å². The standard InChI is InChI=1S/C16H24N2O2S/c1-3-20-16(19)14-10-11(17)4-9-15(14)18-12-5-7-13(21-2)8-6-12/h4,9-10,12-13,18H,3,5-8,17H2,1-2H3. The molecule has 0 atom stereocenters. The Bertz CT molecular complexity index is 485. The van der Waals surface area contributed by atoms with Crippen LogP contribution in [0.25, 0.3) is 0 Å². The summed E-state index contributed by atoms with van der Waals surface area (Å²) in [5.74, 6) is -0.315. The van der Waals surface area contributed by atoms with Gasteiger partial charge < -0.3 is 15.8 Å². The number of benzene rings is 1. The number of nitrogen functional groups attached to an aromatic ring is 1. The predicted octanol–water partition coefficient (Wildman–Crippen LogP) is 3.53. The lowest BCUT2D eigenvalue weighted by Gasteiger charge is -2.29. The van der Waals surface area contributed by atoms with Crippen LogP contribution in [0.5, 0.6) is 0 Å². The number of carbonyl (C=O) groups excluding carboxylic acids is 1. The van der Waals surface area contributed by atoms with Gasteiger partial charge in [-0.1, -0.05) is 0 Å². The first-order valence-electron chi connectivity index (χ1n) is 7.50. The molecule has 21 heavy (non-hydrogen) atoms. The molecule has 0 saturated heterocycles. The van der Waals surface area contributed by atoms with Crippen LogP contribution < -0.4 is 11.1 Å². The number of hydrogen-bond donors (Lipinski definition) is 2. The van der Waals surface area contributed by atoms with Crippen LogP contribution in [0, 0.1) is 0 Å². The Morgan fingerprint density at radius 1 is 1.38 bits per heavy atom. The minimum Gasteiger partial charge on any atom is -0.462 e. The first kappa shape index (κ1) is 16.0. The zero-order chi connectivity index (χ0) is 15.2. The van der Waals surface area contributed by atoms with Crippen LogP contribution in [-0.2, 0) is 4.74 Å². The Hall–Kier alpha value is -1.36. The first-order chi connectivity index (χ1) is 10.1. The van der Waals surface area contributed by atoms with E-state index in [0.717, 1.165) is 23.8 Å². The van der Waals surface area contributed by atoms with E-state index in [4.69, 9.17) is 10.5 Å². The second-order valence-electron chi connectivity index (χ2n) is 5.38. The van der Waals surface area contributed by atoms with Crippen molar-refractivity contribution >= 4 is 29.1 Å². The molecule has 0 bridgehead atoms. The van der Waals surface area contributed by atoms with Crippen LogP contribution >= 0.6 is 11.8 Å². The summed E-state index contributed by atoms with van der Waals surface area (Å²) in [7, 11) is 0. The molecule has 1 fully saturated rings. The molecule has 1 aromatic rings. The van der Waals surface area contributed by atoms with Crippen molar-refractivity contribution in [3.8, 4) is 0 Å². The van der Waals surface area contributed by atoms with Gasteiger partial charge >= 0.3 is 5.97 Å². The lowest BCUT2D eigenvalue weighted by molar-refractivity contribution is 0.0527. The van der Waals surface area contributed by atoms with Crippen molar-refractivity contribution in [3.05, 3.63) is 23.8 Å². The molecule has 2 rings (SSSR count). The van der Waals surface area contributed by atoms with Crippen molar-refractivity contribution in [2.75, 3.05) is 23.9 Å². The summed E-state index contributed by atoms with van der Waals surface area (Å²) in [6, 6.07) is 5.81. The molecule has 0 unspecified atom stereocenters. The molecular weight excluding hydrogens is 284 g/mol. The van der Waals surface area contributed by atoms with Crippen molar-refractivity contribution < 1.29 is 9.53 Å². The Morgan fingerprint density at radius 3 is 2.71 bits per heavy atom. The molecule has 116 valence electrons. The Balaban J connectivity index is 2.07. The van der Waals surface area contributed by atoms with Crippen LogP contribution in [0.4, 0.5) is 11.4 Å². The summed E-state index contributed by atoms with van der Waals surface area (Å²) < 4.78 is 5.11. The van der Waals surface area contributed by atoms with Gasteiger partial charge in [-0.05, 0) is 57.1 Å². The molecule has 0 aliphatic heterocycles. The summed E-state index contributed by atoms with van der Waals surface area (Å²) in [5.41, 5.74) is 7.73. The Labute approximate surface area is 130 Å². The number of carbonyl (C=O) groups is 1. The normalized spacial score (nSPS) is 21.8. The van der Waals surface area contributed by atoms with Gasteiger partial charge in [0.15, 0.2) is 0 Å². The third-order valence-corrected chi connectivity index (χ3v) is 5.04. The van der Waals surface area contributed by atoms with Gasteiger partial charge in [-0.3, -0.25) is 0 Å². The molecule has 1 saturated carbocycles. The fourth-order valence-corrected chi connectivity index (χ4v) is 3.47. The number of thioether (sulfide) groups is 1. The zero-order valence-electron chi connectivity index (χ0n) is 12.7. The highest BCUT2D eigenvalue weighted by Gasteiger charge is 2.22. The molecule has 0 aromatic heterocycles. The minimum atomic E-state index is -0.315. The van der Waals surface area contributed by atoms with E-state index in [1.165, 1.54) is 12.8 Å². The number of hydrogen-bond acceptors (Lipinski definition) is 5. The minimum absolute atomic E-state index is 0.315. The van der Waals surface area contributed by atoms with Gasteiger partial charge in [0.05, 0.1) is 12.2 Å². The highest BCUT2D eigenvalue weighted by Crippen LogP contribution is 2.30. The summed E-state index contributed by atoms with van der Waals surface area (Å²) in [5, 5.41) is 4.27. The SMILES string of the molecule is CCOC(=O)c1cc(N)ccc1NC1CCC(SC)CC1. The van der Waals surface area contributed by atoms with Gasteiger partial charge in [0.1, 0.15) is 0 Å². The highest BCUT2D eigenvalue weighted by atomic mass is 32.2. The summed E-state index contributed by atoms with van der Waals surface area (Å²) in [6.07, 6.45) is 6.90. The Kier molecular flexibility index (Phi) is 5.79. The number of ether oxygens (including phenoxy) is 1. The molecule has 5 heteroatoms. The second kappa shape index (κ2) is 7.59. The number of nitrogens with one attached hydrogen (secondary N) is 1. The molecule has 0 amide bonds. The predicted molar refractivity (Wildman–Crippen MR) is 90.0 cm³/mol. The van der Waals surface area contributed by atoms with Crippen molar-refractivity contribution in [2.45, 2.75) is 43.9 Å². The van der Waals surface area contributed by atoms with Crippen LogP contribution in [0.3, 0.4) is 0 Å². The zero-order valence-corrected chi connectivity index (χ0v) is 13.5. The molecule has 1 aromatic carbocycles. The van der Waals surface area contributed by atoms with E-state index in [1.54, 1.807) is 13.0 Å². The lowest BCUT2D eigenvalue weighted by Crippen LogP contribution is -2.28. The monoisotopic (exact) mass is 308 g/mol. The molecular formula is C16H24N2O2S. The van der Waals surface area contributed by atoms with E-state index in [0.29, 0.717) is 23.9 Å². The summed E-state index contributed by atoms with van der Waals surface area (Å²) >= 11 is 1.95. The number of nitrogens with two attached hydrogens (primary N) is 1. The van der Waals surface area contributed by atoms with E-state index >= 15 is 0 Å². The van der Waals surface area contributed by atoms with Crippen molar-refractivity contribution in [3.63, 3.8) is 0 Å². The van der Waals surface area contributed by atoms with E-state index in [-0.39, 0.29) is 5.97 Å². The molecule has 1 aliphatic rings. The topological polar surface area (TPSA) is 64.3 Å². The molecule has 4 nitrogen and oxygen atoms in total. The van der Waals surface area contributed by atoms with Crippen LogP contribution in [0.2, 0.25) is 0 Å². The third kappa shape index (κ3) is 4.30. The molecule has 1 aliphatic carbocycles. The Morgan fingerprint density at radius 2 is 2.10 bits per heavy atom. The molecule has 0 heterocycles. The van der Waals surface area contributed by atoms with Crippen molar-refractivity contribution in [2.24, 2.45) is 0 Å². The maximum atomic E-state index is 12.0. The van der Waals surface area contributed by atoms with Crippen LogP contribution in [-0.4, -0.2) is 30.1 Å². The van der Waals surface area contributed by atoms with Gasteiger partial charge in [-0.25, -0.2) is 4.79 Å². The van der Waals surface area contributed by atoms with Crippen molar-refractivity contribution in [1.82, 2.24) is 0 Å². The fourth-order valence-electron chi connectivity index (χ4n) is 2.73. The smallest absolute Gasteiger partial charge is 0.340 e. The molecule has 3 N–H and O–H groups in total. The maximum Gasteiger partial charge on any atom is 0.340 e. The van der Waals surface area contributed by atoms with Gasteiger partial charge in [0.25, 0.3) is 0 Å². The second-order valence-corrected chi connectivity index (χ2v) is 6.52. The fraction of sp³-hybridized carbons (Fsp3) is 0.562. The number of anilines is 2. The molecule has 0 spiro atoms. The quantitative estimate of drug-likeness (QED) is 0.643. The molecule has 0 radical (unpaired) electrons. The van der Waals surface area contributed by atoms with Gasteiger partial charge in [0.2, 0.25) is 0 Å². The average molecular weight is 308 g/mol. The van der Waals surface area contributed by atoms with E-state index in [2.05, 4.69) is 11.6 Å². The largest absolute Gasteiger partial charge is 0.462 e. The summed E-state index contributed by atoms with van der Waals surface area (Å²) in [6.45, 7) is 2.17. The van der Waals surface area contributed by atoms with Gasteiger partial charge in [-0.2, -0.15) is 11.8 Å². The van der Waals surface area contributed by atoms with E-state index < -0.39 is 0 Å².